The number of carboxylic acids is 1. The van der Waals surface area contributed by atoms with Gasteiger partial charge in [-0.1, -0.05) is 84.9 Å². The molecular formula is C33H28N2O4S. The fourth-order valence-corrected chi connectivity index (χ4v) is 5.21. The number of thiazole rings is 1. The van der Waals surface area contributed by atoms with Crippen LogP contribution >= 0.6 is 11.3 Å². The van der Waals surface area contributed by atoms with E-state index in [1.54, 1.807) is 59.9 Å². The van der Waals surface area contributed by atoms with Gasteiger partial charge in [-0.2, -0.15) is 0 Å². The highest BCUT2D eigenvalue weighted by Gasteiger charge is 2.21. The number of ketones is 1. The lowest BCUT2D eigenvalue weighted by Gasteiger charge is -2.18. The Morgan fingerprint density at radius 1 is 0.850 bits per heavy atom. The molecular weight excluding hydrogens is 520 g/mol. The van der Waals surface area contributed by atoms with Gasteiger partial charge in [-0.15, -0.1) is 11.3 Å². The molecule has 6 nitrogen and oxygen atoms in total. The first-order chi connectivity index (χ1) is 19.6. The van der Waals surface area contributed by atoms with Crippen LogP contribution in [-0.4, -0.2) is 34.5 Å². The van der Waals surface area contributed by atoms with Crippen molar-refractivity contribution >= 4 is 28.8 Å². The van der Waals surface area contributed by atoms with E-state index in [1.807, 2.05) is 54.0 Å². The molecule has 0 aliphatic carbocycles. The fraction of sp³-hybridized carbons (Fsp3) is 0.121. The van der Waals surface area contributed by atoms with Crippen molar-refractivity contribution in [3.8, 4) is 17.0 Å². The second kappa shape index (κ2) is 12.9. The zero-order chi connectivity index (χ0) is 27.7. The predicted molar refractivity (Wildman–Crippen MR) is 158 cm³/mol. The summed E-state index contributed by atoms with van der Waals surface area (Å²) in [7, 11) is 0. The summed E-state index contributed by atoms with van der Waals surface area (Å²) in [4.78, 5) is 30.9. The SMILES string of the molecule is O=C(c1ccccc1)c1ccccc1N[C@@H](Cc1ccc(OCCc2scnc2-c2ccccc2)cc1)C(=O)O. The molecule has 0 radical (unpaired) electrons. The number of rotatable bonds is 12. The third kappa shape index (κ3) is 6.62. The van der Waals surface area contributed by atoms with E-state index in [9.17, 15) is 14.7 Å². The average Bonchev–Trinajstić information content (AvgIpc) is 3.47. The molecule has 0 saturated carbocycles. The first-order valence-corrected chi connectivity index (χ1v) is 13.8. The van der Waals surface area contributed by atoms with Crippen LogP contribution in [-0.2, 0) is 17.6 Å². The zero-order valence-electron chi connectivity index (χ0n) is 21.7. The molecule has 4 aromatic carbocycles. The standard InChI is InChI=1S/C33H28N2O4S/c36-32(25-11-5-2-6-12-25)27-13-7-8-14-28(27)35-29(33(37)38)21-23-15-17-26(18-16-23)39-20-19-30-31(34-22-40-30)24-9-3-1-4-10-24/h1-18,22,29,35H,19-21H2,(H,37,38)/t29-/m0/s1. The predicted octanol–water partition coefficient (Wildman–Crippen LogP) is 6.77. The van der Waals surface area contributed by atoms with Gasteiger partial charge in [0.2, 0.25) is 0 Å². The maximum absolute atomic E-state index is 13.1. The van der Waals surface area contributed by atoms with E-state index in [0.717, 1.165) is 23.2 Å². The van der Waals surface area contributed by atoms with Crippen LogP contribution < -0.4 is 10.1 Å². The molecule has 1 aromatic heterocycles. The second-order valence-corrected chi connectivity index (χ2v) is 10.2. The molecule has 1 atom stereocenters. The average molecular weight is 549 g/mol. The molecule has 5 rings (SSSR count). The first-order valence-electron chi connectivity index (χ1n) is 13.0. The van der Waals surface area contributed by atoms with Crippen LogP contribution in [0, 0.1) is 0 Å². The lowest BCUT2D eigenvalue weighted by Crippen LogP contribution is -2.32. The quantitative estimate of drug-likeness (QED) is 0.167. The number of para-hydroxylation sites is 1. The van der Waals surface area contributed by atoms with Crippen molar-refractivity contribution in [3.05, 3.63) is 136 Å². The minimum absolute atomic E-state index is 0.163. The van der Waals surface area contributed by atoms with Crippen LogP contribution in [0.4, 0.5) is 5.69 Å². The highest BCUT2D eigenvalue weighted by molar-refractivity contribution is 7.10. The molecule has 0 fully saturated rings. The smallest absolute Gasteiger partial charge is 0.326 e. The Morgan fingerprint density at radius 2 is 1.52 bits per heavy atom. The molecule has 0 saturated heterocycles. The molecule has 2 N–H and O–H groups in total. The van der Waals surface area contributed by atoms with Gasteiger partial charge in [0.25, 0.3) is 0 Å². The van der Waals surface area contributed by atoms with Gasteiger partial charge in [0.1, 0.15) is 11.8 Å². The number of aromatic nitrogens is 1. The lowest BCUT2D eigenvalue weighted by atomic mass is 10.00. The van der Waals surface area contributed by atoms with Crippen molar-refractivity contribution in [2.24, 2.45) is 0 Å². The van der Waals surface area contributed by atoms with Gasteiger partial charge in [0.05, 0.1) is 17.8 Å². The van der Waals surface area contributed by atoms with Crippen molar-refractivity contribution in [3.63, 3.8) is 0 Å². The molecule has 0 amide bonds. The third-order valence-electron chi connectivity index (χ3n) is 6.48. The molecule has 200 valence electrons. The number of carbonyl (C=O) groups excluding carboxylic acids is 1. The normalized spacial score (nSPS) is 11.5. The number of nitrogens with one attached hydrogen (secondary N) is 1. The van der Waals surface area contributed by atoms with Crippen molar-refractivity contribution in [2.45, 2.75) is 18.9 Å². The number of hydrogen-bond acceptors (Lipinski definition) is 6. The van der Waals surface area contributed by atoms with Crippen molar-refractivity contribution < 1.29 is 19.4 Å². The van der Waals surface area contributed by atoms with Crippen LogP contribution in [0.15, 0.2) is 115 Å². The van der Waals surface area contributed by atoms with Gasteiger partial charge in [0, 0.05) is 40.1 Å². The van der Waals surface area contributed by atoms with E-state index in [-0.39, 0.29) is 12.2 Å². The number of hydrogen-bond donors (Lipinski definition) is 2. The maximum atomic E-state index is 13.1. The molecule has 0 spiro atoms. The van der Waals surface area contributed by atoms with Crippen molar-refractivity contribution in [1.82, 2.24) is 4.98 Å². The van der Waals surface area contributed by atoms with Crippen LogP contribution in [0.2, 0.25) is 0 Å². The molecule has 0 aliphatic rings. The summed E-state index contributed by atoms with van der Waals surface area (Å²) in [5.41, 5.74) is 6.25. The largest absolute Gasteiger partial charge is 0.493 e. The Kier molecular flexibility index (Phi) is 8.63. The topological polar surface area (TPSA) is 88.5 Å². The molecule has 40 heavy (non-hydrogen) atoms. The number of carbonyl (C=O) groups is 2. The highest BCUT2D eigenvalue weighted by atomic mass is 32.1. The third-order valence-corrected chi connectivity index (χ3v) is 7.38. The van der Waals surface area contributed by atoms with Crippen molar-refractivity contribution in [1.29, 1.82) is 0 Å². The Labute approximate surface area is 236 Å². The van der Waals surface area contributed by atoms with Gasteiger partial charge in [-0.05, 0) is 29.8 Å². The Balaban J connectivity index is 1.20. The summed E-state index contributed by atoms with van der Waals surface area (Å²) in [5, 5.41) is 13.0. The minimum atomic E-state index is -0.999. The summed E-state index contributed by atoms with van der Waals surface area (Å²) in [6, 6.07) is 32.6. The molecule has 1 heterocycles. The van der Waals surface area contributed by atoms with Crippen LogP contribution in [0.5, 0.6) is 5.75 Å². The number of carboxylic acid groups (broad SMARTS) is 1. The fourth-order valence-electron chi connectivity index (χ4n) is 4.44. The minimum Gasteiger partial charge on any atom is -0.493 e. The van der Waals surface area contributed by atoms with Gasteiger partial charge >= 0.3 is 5.97 Å². The van der Waals surface area contributed by atoms with E-state index in [4.69, 9.17) is 4.74 Å². The highest BCUT2D eigenvalue weighted by Crippen LogP contribution is 2.26. The van der Waals surface area contributed by atoms with Gasteiger partial charge in [-0.3, -0.25) is 4.79 Å². The van der Waals surface area contributed by atoms with Gasteiger partial charge in [-0.25, -0.2) is 9.78 Å². The molecule has 0 aliphatic heterocycles. The lowest BCUT2D eigenvalue weighted by molar-refractivity contribution is -0.137. The summed E-state index contributed by atoms with van der Waals surface area (Å²) < 4.78 is 5.97. The maximum Gasteiger partial charge on any atom is 0.326 e. The number of anilines is 1. The van der Waals surface area contributed by atoms with Crippen LogP contribution in [0.3, 0.4) is 0 Å². The summed E-state index contributed by atoms with van der Waals surface area (Å²) >= 11 is 1.62. The summed E-state index contributed by atoms with van der Waals surface area (Å²) in [5.74, 6) is -0.446. The van der Waals surface area contributed by atoms with Gasteiger partial charge < -0.3 is 15.2 Å². The molecule has 0 bridgehead atoms. The molecule has 5 aromatic rings. The van der Waals surface area contributed by atoms with E-state index in [0.29, 0.717) is 29.2 Å². The zero-order valence-corrected chi connectivity index (χ0v) is 22.5. The van der Waals surface area contributed by atoms with E-state index < -0.39 is 12.0 Å². The Morgan fingerprint density at radius 3 is 2.25 bits per heavy atom. The monoisotopic (exact) mass is 548 g/mol. The summed E-state index contributed by atoms with van der Waals surface area (Å²) in [6.07, 6.45) is 0.980. The van der Waals surface area contributed by atoms with E-state index in [1.165, 1.54) is 4.88 Å². The molecule has 0 unspecified atom stereocenters. The number of nitrogens with zero attached hydrogens (tertiary/aromatic N) is 1. The first kappa shape index (κ1) is 26.8. The van der Waals surface area contributed by atoms with E-state index >= 15 is 0 Å². The van der Waals surface area contributed by atoms with E-state index in [2.05, 4.69) is 22.4 Å². The number of ether oxygens (including phenoxy) is 1. The Hall–Kier alpha value is -4.75. The number of aliphatic carboxylic acids is 1. The van der Waals surface area contributed by atoms with Crippen molar-refractivity contribution in [2.75, 3.05) is 11.9 Å². The Bertz CT molecular complexity index is 1570. The second-order valence-electron chi connectivity index (χ2n) is 9.21. The summed E-state index contributed by atoms with van der Waals surface area (Å²) in [6.45, 7) is 0.507. The number of benzene rings is 4. The molecule has 7 heteroatoms. The van der Waals surface area contributed by atoms with Crippen LogP contribution in [0.25, 0.3) is 11.3 Å². The van der Waals surface area contributed by atoms with Gasteiger partial charge in [0.15, 0.2) is 5.78 Å². The van der Waals surface area contributed by atoms with Crippen LogP contribution in [0.1, 0.15) is 26.4 Å².